The quantitative estimate of drug-likeness (QED) is 0.684. The number of nitrogens with one attached hydrogen (secondary N) is 2. The van der Waals surface area contributed by atoms with E-state index in [1.165, 1.54) is 0 Å². The second-order valence-corrected chi connectivity index (χ2v) is 10.2. The summed E-state index contributed by atoms with van der Waals surface area (Å²) in [6.07, 6.45) is 3.93. The van der Waals surface area contributed by atoms with Gasteiger partial charge in [-0.2, -0.15) is 0 Å². The van der Waals surface area contributed by atoms with E-state index < -0.39 is 12.1 Å². The highest BCUT2D eigenvalue weighted by Crippen LogP contribution is 2.42. The highest BCUT2D eigenvalue weighted by Gasteiger charge is 2.48. The lowest BCUT2D eigenvalue weighted by Gasteiger charge is -2.46. The van der Waals surface area contributed by atoms with Gasteiger partial charge in [-0.25, -0.2) is 0 Å². The number of nitrogens with zero attached hydrogens (tertiary/aromatic N) is 2. The highest BCUT2D eigenvalue weighted by molar-refractivity contribution is 5.99. The van der Waals surface area contributed by atoms with Crippen LogP contribution < -0.4 is 10.1 Å². The van der Waals surface area contributed by atoms with Gasteiger partial charge in [0.15, 0.2) is 0 Å². The number of carbonyl (C=O) groups is 3. The maximum absolute atomic E-state index is 13.7. The molecule has 2 N–H and O–H groups in total. The fraction of sp³-hybridized carbons (Fsp3) is 0.577. The summed E-state index contributed by atoms with van der Waals surface area (Å²) in [5.41, 5.74) is 3.08. The lowest BCUT2D eigenvalue weighted by molar-refractivity contribution is -0.154. The van der Waals surface area contributed by atoms with E-state index in [9.17, 15) is 14.4 Å². The second kappa shape index (κ2) is 8.96. The number of piperazine rings is 1. The van der Waals surface area contributed by atoms with Crippen LogP contribution in [0, 0.1) is 5.92 Å². The van der Waals surface area contributed by atoms with Crippen LogP contribution in [0.5, 0.6) is 5.75 Å². The van der Waals surface area contributed by atoms with Crippen LogP contribution in [-0.2, 0) is 20.8 Å². The maximum Gasteiger partial charge on any atom is 0.246 e. The molecule has 1 aromatic heterocycles. The molecule has 0 aliphatic carbocycles. The van der Waals surface area contributed by atoms with Crippen LogP contribution in [0.25, 0.3) is 10.9 Å². The Bertz CT molecular complexity index is 1120. The van der Waals surface area contributed by atoms with E-state index in [1.807, 2.05) is 23.1 Å². The van der Waals surface area contributed by atoms with Gasteiger partial charge in [0.05, 0.1) is 13.2 Å². The minimum atomic E-state index is -0.656. The lowest BCUT2D eigenvalue weighted by Crippen LogP contribution is -2.66. The summed E-state index contributed by atoms with van der Waals surface area (Å²) in [6, 6.07) is 4.53. The lowest BCUT2D eigenvalue weighted by atomic mass is 9.85. The minimum Gasteiger partial charge on any atom is -0.497 e. The fourth-order valence-electron chi connectivity index (χ4n) is 5.84. The molecule has 5 rings (SSSR count). The number of likely N-dealkylation sites (tertiary alicyclic amines) is 1. The van der Waals surface area contributed by atoms with Crippen LogP contribution >= 0.6 is 0 Å². The predicted octanol–water partition coefficient (Wildman–Crippen LogP) is 2.92. The Labute approximate surface area is 200 Å². The average Bonchev–Trinajstić information content (AvgIpc) is 3.47. The Morgan fingerprint density at radius 1 is 1.21 bits per heavy atom. The molecule has 8 heteroatoms. The summed E-state index contributed by atoms with van der Waals surface area (Å²) >= 11 is 0. The SMILES string of the molecule is COc1ccc2c3c([nH]c2c1)[C@H](CC(C)C)N1C(=O)[C@H](CCC(=O)N2CCCC2)NC(=O)[C@@H]1C3. The molecule has 0 saturated carbocycles. The normalized spacial score (nSPS) is 24.4. The van der Waals surface area contributed by atoms with Crippen LogP contribution in [0.15, 0.2) is 18.2 Å². The Morgan fingerprint density at radius 3 is 2.68 bits per heavy atom. The summed E-state index contributed by atoms with van der Waals surface area (Å²) in [5.74, 6) is 0.976. The number of carbonyl (C=O) groups excluding carboxylic acids is 3. The number of methoxy groups -OCH3 is 1. The summed E-state index contributed by atoms with van der Waals surface area (Å²) < 4.78 is 5.39. The van der Waals surface area contributed by atoms with Crippen molar-refractivity contribution in [3.05, 3.63) is 29.5 Å². The maximum atomic E-state index is 13.7. The fourth-order valence-corrected chi connectivity index (χ4v) is 5.84. The van der Waals surface area contributed by atoms with Gasteiger partial charge in [-0.15, -0.1) is 0 Å². The molecule has 3 aliphatic heterocycles. The van der Waals surface area contributed by atoms with Crippen LogP contribution in [0.4, 0.5) is 0 Å². The van der Waals surface area contributed by atoms with E-state index in [0.29, 0.717) is 18.8 Å². The first-order valence-corrected chi connectivity index (χ1v) is 12.5. The molecule has 3 amide bonds. The summed E-state index contributed by atoms with van der Waals surface area (Å²) in [7, 11) is 1.64. The van der Waals surface area contributed by atoms with Crippen molar-refractivity contribution >= 4 is 28.6 Å². The zero-order chi connectivity index (χ0) is 24.0. The van der Waals surface area contributed by atoms with Crippen molar-refractivity contribution in [1.82, 2.24) is 20.1 Å². The number of rotatable bonds is 6. The molecule has 2 saturated heterocycles. The molecule has 0 radical (unpaired) electrons. The van der Waals surface area contributed by atoms with Crippen LogP contribution in [0.2, 0.25) is 0 Å². The standard InChI is InChI=1S/C26H34N4O4/c1-15(2)12-21-24-18(17-7-6-16(34-3)13-20(17)27-24)14-22-25(32)28-19(26(33)30(21)22)8-9-23(31)29-10-4-5-11-29/h6-7,13,15,19,21-22,27H,4-5,8-12,14H2,1-3H3,(H,28,32)/t19-,21-,22-/m0/s1. The van der Waals surface area contributed by atoms with E-state index in [2.05, 4.69) is 24.1 Å². The smallest absolute Gasteiger partial charge is 0.246 e. The molecule has 182 valence electrons. The molecule has 0 bridgehead atoms. The summed E-state index contributed by atoms with van der Waals surface area (Å²) in [6.45, 7) is 5.86. The van der Waals surface area contributed by atoms with Crippen LogP contribution in [0.1, 0.15) is 63.3 Å². The molecule has 4 heterocycles. The Kier molecular flexibility index (Phi) is 6.00. The highest BCUT2D eigenvalue weighted by atomic mass is 16.5. The van der Waals surface area contributed by atoms with Crippen LogP contribution in [0.3, 0.4) is 0 Å². The Hall–Kier alpha value is -3.03. The molecular weight excluding hydrogens is 432 g/mol. The summed E-state index contributed by atoms with van der Waals surface area (Å²) in [4.78, 5) is 46.7. The third-order valence-corrected chi connectivity index (χ3v) is 7.52. The van der Waals surface area contributed by atoms with Gasteiger partial charge in [-0.1, -0.05) is 13.8 Å². The molecule has 34 heavy (non-hydrogen) atoms. The van der Waals surface area contributed by atoms with E-state index in [4.69, 9.17) is 4.74 Å². The molecule has 0 spiro atoms. The van der Waals surface area contributed by atoms with E-state index >= 15 is 0 Å². The first-order chi connectivity index (χ1) is 16.4. The van der Waals surface area contributed by atoms with Gasteiger partial charge in [0, 0.05) is 48.6 Å². The van der Waals surface area contributed by atoms with Crippen molar-refractivity contribution < 1.29 is 19.1 Å². The van der Waals surface area contributed by atoms with Crippen molar-refractivity contribution in [2.75, 3.05) is 20.2 Å². The third kappa shape index (κ3) is 3.93. The average molecular weight is 467 g/mol. The van der Waals surface area contributed by atoms with E-state index in [-0.39, 0.29) is 30.2 Å². The van der Waals surface area contributed by atoms with Gasteiger partial charge in [0.25, 0.3) is 0 Å². The number of hydrogen-bond acceptors (Lipinski definition) is 4. The largest absolute Gasteiger partial charge is 0.497 e. The van der Waals surface area contributed by atoms with Crippen molar-refractivity contribution in [2.45, 2.75) is 70.5 Å². The third-order valence-electron chi connectivity index (χ3n) is 7.52. The summed E-state index contributed by atoms with van der Waals surface area (Å²) in [5, 5.41) is 4.02. The topological polar surface area (TPSA) is 94.7 Å². The number of ether oxygens (including phenoxy) is 1. The second-order valence-electron chi connectivity index (χ2n) is 10.2. The molecule has 8 nitrogen and oxygen atoms in total. The van der Waals surface area contributed by atoms with Gasteiger partial charge >= 0.3 is 0 Å². The first kappa shape index (κ1) is 22.7. The number of fused-ring (bicyclic) bond motifs is 4. The Balaban J connectivity index is 1.45. The number of hydrogen-bond donors (Lipinski definition) is 2. The molecule has 3 atom stereocenters. The van der Waals surface area contributed by atoms with E-state index in [1.54, 1.807) is 12.0 Å². The number of benzene rings is 1. The molecular formula is C26H34N4O4. The van der Waals surface area contributed by atoms with Crippen molar-refractivity contribution in [1.29, 1.82) is 0 Å². The molecule has 1 aromatic carbocycles. The van der Waals surface area contributed by atoms with Gasteiger partial charge < -0.3 is 24.8 Å². The molecule has 0 unspecified atom stereocenters. The van der Waals surface area contributed by atoms with E-state index in [0.717, 1.165) is 60.3 Å². The van der Waals surface area contributed by atoms with Gasteiger partial charge in [0.1, 0.15) is 17.8 Å². The van der Waals surface area contributed by atoms with Gasteiger partial charge in [0.2, 0.25) is 17.7 Å². The van der Waals surface area contributed by atoms with Gasteiger partial charge in [-0.05, 0) is 49.3 Å². The monoisotopic (exact) mass is 466 g/mol. The molecule has 2 aromatic rings. The first-order valence-electron chi connectivity index (χ1n) is 12.5. The number of aromatic nitrogens is 1. The molecule has 3 aliphatic rings. The van der Waals surface area contributed by atoms with Crippen molar-refractivity contribution in [3.63, 3.8) is 0 Å². The Morgan fingerprint density at radius 2 is 1.97 bits per heavy atom. The van der Waals surface area contributed by atoms with Crippen LogP contribution in [-0.4, -0.2) is 64.8 Å². The number of amides is 3. The predicted molar refractivity (Wildman–Crippen MR) is 128 cm³/mol. The zero-order valence-corrected chi connectivity index (χ0v) is 20.2. The number of H-pyrrole nitrogens is 1. The van der Waals surface area contributed by atoms with Gasteiger partial charge in [-0.3, -0.25) is 14.4 Å². The molecule has 2 fully saturated rings. The minimum absolute atomic E-state index is 0.0749. The van der Waals surface area contributed by atoms with Crippen molar-refractivity contribution in [3.8, 4) is 5.75 Å². The van der Waals surface area contributed by atoms with Crippen molar-refractivity contribution in [2.24, 2.45) is 5.92 Å². The number of aromatic amines is 1. The zero-order valence-electron chi connectivity index (χ0n) is 20.2.